The average Bonchev–Trinajstić information content (AvgIpc) is 1.81. The van der Waals surface area contributed by atoms with E-state index in [0.29, 0.717) is 6.04 Å². The summed E-state index contributed by atoms with van der Waals surface area (Å²) in [6.07, 6.45) is 2.25. The van der Waals surface area contributed by atoms with Crippen LogP contribution < -0.4 is 0 Å². The van der Waals surface area contributed by atoms with Crippen molar-refractivity contribution >= 4 is 51.9 Å². The van der Waals surface area contributed by atoms with Gasteiger partial charge in [-0.15, -0.1) is 0 Å². The van der Waals surface area contributed by atoms with Gasteiger partial charge in [0.25, 0.3) is 0 Å². The van der Waals surface area contributed by atoms with Crippen molar-refractivity contribution < 1.29 is 2.79 Å². The van der Waals surface area contributed by atoms with E-state index < -0.39 is 0 Å². The zero-order valence-corrected chi connectivity index (χ0v) is 11.3. The predicted molar refractivity (Wildman–Crippen MR) is 64.6 cm³/mol. The van der Waals surface area contributed by atoms with Gasteiger partial charge in [-0.25, -0.2) is 3.11 Å². The summed E-state index contributed by atoms with van der Waals surface area (Å²) in [5, 5.41) is 0. The first kappa shape index (κ1) is 10.2. The third kappa shape index (κ3) is 2.27. The van der Waals surface area contributed by atoms with Crippen molar-refractivity contribution in [2.24, 2.45) is 0 Å². The molecule has 11 heavy (non-hydrogen) atoms. The van der Waals surface area contributed by atoms with Gasteiger partial charge in [0, 0.05) is 22.9 Å². The van der Waals surface area contributed by atoms with Gasteiger partial charge >= 0.3 is 22.9 Å². The van der Waals surface area contributed by atoms with Crippen molar-refractivity contribution in [3.63, 3.8) is 0 Å². The Balaban J connectivity index is 2.85. The van der Waals surface area contributed by atoms with E-state index in [0.717, 1.165) is 6.54 Å². The molecule has 0 saturated heterocycles. The zero-order chi connectivity index (χ0) is 8.65. The van der Waals surface area contributed by atoms with Crippen LogP contribution >= 0.6 is 45.7 Å². The molecule has 64 valence electrons. The highest BCUT2D eigenvalue weighted by molar-refractivity contribution is 14.1. The second-order valence-electron chi connectivity index (χ2n) is 3.57. The SMILES string of the molecule is C[C@H]1C=[N+](I)CC(C)(C)N1I. The van der Waals surface area contributed by atoms with Gasteiger partial charge < -0.3 is 0 Å². The van der Waals surface area contributed by atoms with Gasteiger partial charge in [-0.05, 0) is 20.8 Å². The van der Waals surface area contributed by atoms with Crippen LogP contribution in [-0.2, 0) is 0 Å². The predicted octanol–water partition coefficient (Wildman–Crippen LogP) is 2.25. The van der Waals surface area contributed by atoms with E-state index in [1.54, 1.807) is 0 Å². The van der Waals surface area contributed by atoms with Crippen molar-refractivity contribution in [1.29, 1.82) is 0 Å². The van der Waals surface area contributed by atoms with Gasteiger partial charge in [0.2, 0.25) is 0 Å². The topological polar surface area (TPSA) is 6.25 Å². The summed E-state index contributed by atoms with van der Waals surface area (Å²) >= 11 is 4.76. The Hall–Kier alpha value is 1.09. The molecule has 0 spiro atoms. The van der Waals surface area contributed by atoms with Crippen molar-refractivity contribution in [3.8, 4) is 0 Å². The summed E-state index contributed by atoms with van der Waals surface area (Å²) in [5.41, 5.74) is 0.288. The van der Waals surface area contributed by atoms with Gasteiger partial charge in [0.1, 0.15) is 0 Å². The molecule has 0 bridgehead atoms. The first-order chi connectivity index (χ1) is 4.93. The molecule has 0 saturated carbocycles. The highest BCUT2D eigenvalue weighted by Gasteiger charge is 2.37. The molecule has 0 unspecified atom stereocenters. The molecule has 0 amide bonds. The lowest BCUT2D eigenvalue weighted by molar-refractivity contribution is -0.325. The van der Waals surface area contributed by atoms with E-state index >= 15 is 0 Å². The number of rotatable bonds is 0. The molecule has 0 radical (unpaired) electrons. The Kier molecular flexibility index (Phi) is 3.19. The van der Waals surface area contributed by atoms with Crippen LogP contribution in [0.25, 0.3) is 0 Å². The van der Waals surface area contributed by atoms with Crippen LogP contribution in [-0.4, -0.2) is 30.2 Å². The van der Waals surface area contributed by atoms with Crippen molar-refractivity contribution in [1.82, 2.24) is 3.11 Å². The second kappa shape index (κ2) is 3.45. The molecule has 1 aliphatic heterocycles. The van der Waals surface area contributed by atoms with Crippen molar-refractivity contribution in [2.75, 3.05) is 6.54 Å². The van der Waals surface area contributed by atoms with Gasteiger partial charge in [-0.2, -0.15) is 2.79 Å². The third-order valence-corrected chi connectivity index (χ3v) is 4.70. The molecular formula is C7H13I2N2+. The van der Waals surface area contributed by atoms with Gasteiger partial charge in [0.15, 0.2) is 12.8 Å². The largest absolute Gasteiger partial charge is 0.347 e. The lowest BCUT2D eigenvalue weighted by Gasteiger charge is -2.35. The minimum atomic E-state index is 0.288. The summed E-state index contributed by atoms with van der Waals surface area (Å²) in [7, 11) is 0. The average molecular weight is 379 g/mol. The fraction of sp³-hybridized carbons (Fsp3) is 0.857. The van der Waals surface area contributed by atoms with Crippen molar-refractivity contribution in [3.05, 3.63) is 0 Å². The first-order valence-corrected chi connectivity index (χ1v) is 5.59. The summed E-state index contributed by atoms with van der Waals surface area (Å²) in [6, 6.07) is 0.538. The van der Waals surface area contributed by atoms with Crippen LogP contribution in [0.1, 0.15) is 20.8 Å². The molecule has 0 fully saturated rings. The van der Waals surface area contributed by atoms with Gasteiger partial charge in [-0.3, -0.25) is 0 Å². The van der Waals surface area contributed by atoms with Crippen LogP contribution in [0.4, 0.5) is 0 Å². The molecule has 0 aromatic rings. The molecule has 0 aliphatic carbocycles. The van der Waals surface area contributed by atoms with E-state index in [1.165, 1.54) is 0 Å². The Morgan fingerprint density at radius 3 is 2.64 bits per heavy atom. The van der Waals surface area contributed by atoms with E-state index in [9.17, 15) is 0 Å². The van der Waals surface area contributed by atoms with Crippen LogP contribution in [0.2, 0.25) is 0 Å². The standard InChI is InChI=1S/C7H13I2N2/c1-6-4-10(8)5-7(2,3)11(6)9/h4,6H,5H2,1-3H3/q+1/t6-/m0/s1. The second-order valence-corrected chi connectivity index (χ2v) is 5.85. The molecule has 2 nitrogen and oxygen atoms in total. The smallest absolute Gasteiger partial charge is 0.223 e. The first-order valence-electron chi connectivity index (χ1n) is 3.66. The molecule has 0 aromatic heterocycles. The van der Waals surface area contributed by atoms with Crippen LogP contribution in [0.15, 0.2) is 0 Å². The summed E-state index contributed by atoms with van der Waals surface area (Å²) in [4.78, 5) is 0. The highest BCUT2D eigenvalue weighted by Crippen LogP contribution is 2.25. The maximum atomic E-state index is 2.41. The lowest BCUT2D eigenvalue weighted by Crippen LogP contribution is -2.52. The minimum absolute atomic E-state index is 0.288. The van der Waals surface area contributed by atoms with Gasteiger partial charge in [0.05, 0.1) is 11.6 Å². The molecule has 1 rings (SSSR count). The summed E-state index contributed by atoms with van der Waals surface area (Å²) < 4.78 is 4.62. The van der Waals surface area contributed by atoms with Crippen LogP contribution in [0.3, 0.4) is 0 Å². The molecule has 1 heterocycles. The monoisotopic (exact) mass is 379 g/mol. The Morgan fingerprint density at radius 1 is 1.64 bits per heavy atom. The van der Waals surface area contributed by atoms with Crippen LogP contribution in [0.5, 0.6) is 0 Å². The zero-order valence-electron chi connectivity index (χ0n) is 7.01. The Bertz CT molecular complexity index is 189. The van der Waals surface area contributed by atoms with E-state index in [2.05, 4.69) is 78.6 Å². The van der Waals surface area contributed by atoms with E-state index in [-0.39, 0.29) is 5.54 Å². The molecule has 0 aromatic carbocycles. The molecule has 1 atom stereocenters. The van der Waals surface area contributed by atoms with Crippen molar-refractivity contribution in [2.45, 2.75) is 32.4 Å². The maximum absolute atomic E-state index is 2.41. The van der Waals surface area contributed by atoms with Gasteiger partial charge in [-0.1, -0.05) is 0 Å². The molecule has 4 heteroatoms. The quantitative estimate of drug-likeness (QED) is 0.463. The van der Waals surface area contributed by atoms with E-state index in [4.69, 9.17) is 0 Å². The normalized spacial score (nSPS) is 31.7. The Morgan fingerprint density at radius 2 is 2.18 bits per heavy atom. The fourth-order valence-electron chi connectivity index (χ4n) is 1.33. The lowest BCUT2D eigenvalue weighted by atomic mass is 10.0. The fourth-order valence-corrected chi connectivity index (χ4v) is 2.93. The van der Waals surface area contributed by atoms with E-state index in [1.807, 2.05) is 0 Å². The molecule has 0 N–H and O–H groups in total. The van der Waals surface area contributed by atoms with Crippen LogP contribution in [0, 0.1) is 0 Å². The maximum Gasteiger partial charge on any atom is 0.347 e. The molecular weight excluding hydrogens is 366 g/mol. The summed E-state index contributed by atoms with van der Waals surface area (Å²) in [6.45, 7) is 7.86. The Labute approximate surface area is 96.0 Å². The number of hydrogen-bond acceptors (Lipinski definition) is 1. The molecule has 1 aliphatic rings. The third-order valence-electron chi connectivity index (χ3n) is 1.85. The highest BCUT2D eigenvalue weighted by atomic mass is 127. The number of hydrogen-bond donors (Lipinski definition) is 0. The number of nitrogens with zero attached hydrogens (tertiary/aromatic N) is 2. The number of halogens is 2. The minimum Gasteiger partial charge on any atom is -0.223 e. The summed E-state index contributed by atoms with van der Waals surface area (Å²) in [5.74, 6) is 0.